The first-order chi connectivity index (χ1) is 13.2. The van der Waals surface area contributed by atoms with Crippen LogP contribution in [-0.2, 0) is 13.1 Å². The van der Waals surface area contributed by atoms with Gasteiger partial charge in [-0.2, -0.15) is 0 Å². The Hall–Kier alpha value is -2.72. The number of aromatic nitrogens is 2. The minimum atomic E-state index is 0.216. The molecule has 0 bridgehead atoms. The normalized spacial score (nSPS) is 12.0. The molecule has 0 saturated heterocycles. The van der Waals surface area contributed by atoms with Crippen LogP contribution in [0.1, 0.15) is 37.0 Å². The Morgan fingerprint density at radius 1 is 1.00 bits per heavy atom. The Morgan fingerprint density at radius 2 is 1.78 bits per heavy atom. The second-order valence-corrected chi connectivity index (χ2v) is 6.83. The van der Waals surface area contributed by atoms with Gasteiger partial charge in [0.2, 0.25) is 0 Å². The number of para-hydroxylation sites is 1. The van der Waals surface area contributed by atoms with Crippen molar-refractivity contribution in [2.45, 2.75) is 46.4 Å². The number of rotatable bonds is 8. The molecule has 0 aliphatic heterocycles. The van der Waals surface area contributed by atoms with E-state index in [0.717, 1.165) is 41.2 Å². The molecule has 1 heterocycles. The largest absolute Gasteiger partial charge is 0.490 e. The molecule has 0 spiro atoms. The van der Waals surface area contributed by atoms with Crippen molar-refractivity contribution in [3.63, 3.8) is 0 Å². The Labute approximate surface area is 161 Å². The highest BCUT2D eigenvalue weighted by Crippen LogP contribution is 2.20. The first-order valence-electron chi connectivity index (χ1n) is 9.49. The lowest BCUT2D eigenvalue weighted by Gasteiger charge is -2.16. The summed E-state index contributed by atoms with van der Waals surface area (Å²) < 4.78 is 6.01. The molecular weight excluding hydrogens is 334 g/mol. The van der Waals surface area contributed by atoms with Crippen molar-refractivity contribution in [2.24, 2.45) is 0 Å². The van der Waals surface area contributed by atoms with Gasteiger partial charge < -0.3 is 10.1 Å². The maximum atomic E-state index is 6.01. The minimum Gasteiger partial charge on any atom is -0.490 e. The van der Waals surface area contributed by atoms with Crippen molar-refractivity contribution < 1.29 is 4.74 Å². The van der Waals surface area contributed by atoms with Gasteiger partial charge in [0.1, 0.15) is 5.75 Å². The number of nitrogens with zero attached hydrogens (tertiary/aromatic N) is 2. The quantitative estimate of drug-likeness (QED) is 0.619. The molecule has 0 fully saturated rings. The van der Waals surface area contributed by atoms with Gasteiger partial charge in [-0.25, -0.2) is 9.97 Å². The molecule has 1 N–H and O–H groups in total. The number of hydrogen-bond donors (Lipinski definition) is 1. The van der Waals surface area contributed by atoms with Crippen LogP contribution >= 0.6 is 0 Å². The third-order valence-electron chi connectivity index (χ3n) is 4.50. The van der Waals surface area contributed by atoms with Crippen molar-refractivity contribution in [2.75, 3.05) is 0 Å². The average Bonchev–Trinajstić information content (AvgIpc) is 2.69. The fourth-order valence-electron chi connectivity index (χ4n) is 2.79. The Bertz CT molecular complexity index is 862. The molecule has 0 saturated carbocycles. The smallest absolute Gasteiger partial charge is 0.159 e. The molecule has 27 heavy (non-hydrogen) atoms. The molecule has 0 aliphatic carbocycles. The zero-order valence-electron chi connectivity index (χ0n) is 16.3. The van der Waals surface area contributed by atoms with Crippen LogP contribution in [0.25, 0.3) is 11.4 Å². The van der Waals surface area contributed by atoms with E-state index >= 15 is 0 Å². The van der Waals surface area contributed by atoms with Crippen LogP contribution in [0, 0.1) is 6.92 Å². The van der Waals surface area contributed by atoms with Crippen LogP contribution in [0.5, 0.6) is 5.75 Å². The second kappa shape index (κ2) is 9.28. The number of aryl methyl sites for hydroxylation is 1. The summed E-state index contributed by atoms with van der Waals surface area (Å²) in [7, 11) is 0. The Morgan fingerprint density at radius 3 is 2.52 bits per heavy atom. The maximum Gasteiger partial charge on any atom is 0.159 e. The molecule has 3 aromatic rings. The van der Waals surface area contributed by atoms with Gasteiger partial charge in [-0.1, -0.05) is 48.9 Å². The topological polar surface area (TPSA) is 47.0 Å². The van der Waals surface area contributed by atoms with E-state index in [1.54, 1.807) is 0 Å². The summed E-state index contributed by atoms with van der Waals surface area (Å²) in [5, 5.41) is 3.46. The monoisotopic (exact) mass is 361 g/mol. The van der Waals surface area contributed by atoms with Crippen LogP contribution in [0.4, 0.5) is 0 Å². The highest BCUT2D eigenvalue weighted by molar-refractivity contribution is 5.55. The highest BCUT2D eigenvalue weighted by Gasteiger charge is 2.07. The number of benzene rings is 2. The van der Waals surface area contributed by atoms with Gasteiger partial charge in [0.05, 0.1) is 6.10 Å². The predicted octanol–water partition coefficient (Wildman–Crippen LogP) is 4.92. The molecular formula is C23H27N3O. The van der Waals surface area contributed by atoms with Crippen molar-refractivity contribution in [1.29, 1.82) is 0 Å². The van der Waals surface area contributed by atoms with E-state index in [1.165, 1.54) is 5.56 Å². The summed E-state index contributed by atoms with van der Waals surface area (Å²) in [6.45, 7) is 7.76. The minimum absolute atomic E-state index is 0.216. The summed E-state index contributed by atoms with van der Waals surface area (Å²) in [6.07, 6.45) is 4.99. The van der Waals surface area contributed by atoms with Crippen molar-refractivity contribution in [3.05, 3.63) is 77.6 Å². The molecule has 0 amide bonds. The third kappa shape index (κ3) is 5.38. The van der Waals surface area contributed by atoms with Gasteiger partial charge in [-0.3, -0.25) is 0 Å². The van der Waals surface area contributed by atoms with Gasteiger partial charge in [-0.05, 0) is 32.4 Å². The van der Waals surface area contributed by atoms with Gasteiger partial charge >= 0.3 is 0 Å². The van der Waals surface area contributed by atoms with E-state index in [-0.39, 0.29) is 6.10 Å². The molecule has 1 aromatic heterocycles. The van der Waals surface area contributed by atoms with E-state index in [4.69, 9.17) is 4.74 Å². The summed E-state index contributed by atoms with van der Waals surface area (Å²) in [5.41, 5.74) is 4.48. The zero-order chi connectivity index (χ0) is 19.1. The lowest BCUT2D eigenvalue weighted by Crippen LogP contribution is -2.16. The van der Waals surface area contributed by atoms with E-state index in [2.05, 4.69) is 54.3 Å². The molecule has 4 heteroatoms. The second-order valence-electron chi connectivity index (χ2n) is 6.83. The van der Waals surface area contributed by atoms with E-state index in [9.17, 15) is 0 Å². The van der Waals surface area contributed by atoms with Crippen molar-refractivity contribution >= 4 is 0 Å². The summed E-state index contributed by atoms with van der Waals surface area (Å²) >= 11 is 0. The first-order valence-corrected chi connectivity index (χ1v) is 9.49. The molecule has 0 aliphatic rings. The fourth-order valence-corrected chi connectivity index (χ4v) is 2.79. The molecule has 140 valence electrons. The molecule has 0 radical (unpaired) electrons. The molecule has 2 aromatic carbocycles. The zero-order valence-corrected chi connectivity index (χ0v) is 16.3. The molecule has 3 rings (SSSR count). The lowest BCUT2D eigenvalue weighted by molar-refractivity contribution is 0.215. The van der Waals surface area contributed by atoms with Crippen LogP contribution in [0.2, 0.25) is 0 Å². The summed E-state index contributed by atoms with van der Waals surface area (Å²) in [4.78, 5) is 9.02. The summed E-state index contributed by atoms with van der Waals surface area (Å²) in [5.74, 6) is 1.71. The molecule has 1 unspecified atom stereocenters. The van der Waals surface area contributed by atoms with Gasteiger partial charge in [0.25, 0.3) is 0 Å². The number of hydrogen-bond acceptors (Lipinski definition) is 4. The SMILES string of the molecule is CCC(C)Oc1ccccc1CNCc1cnc(-c2cccc(C)c2)nc1. The van der Waals surface area contributed by atoms with Gasteiger partial charge in [-0.15, -0.1) is 0 Å². The van der Waals surface area contributed by atoms with Gasteiger partial charge in [0.15, 0.2) is 5.82 Å². The predicted molar refractivity (Wildman–Crippen MR) is 110 cm³/mol. The number of nitrogens with one attached hydrogen (secondary N) is 1. The fraction of sp³-hybridized carbons (Fsp3) is 0.304. The van der Waals surface area contributed by atoms with Crippen molar-refractivity contribution in [3.8, 4) is 17.1 Å². The van der Waals surface area contributed by atoms with E-state index in [1.807, 2.05) is 42.7 Å². The molecule has 1 atom stereocenters. The van der Waals surface area contributed by atoms with Gasteiger partial charge in [0, 0.05) is 42.2 Å². The summed E-state index contributed by atoms with van der Waals surface area (Å²) in [6, 6.07) is 16.4. The Balaban J connectivity index is 1.58. The highest BCUT2D eigenvalue weighted by atomic mass is 16.5. The van der Waals surface area contributed by atoms with Crippen LogP contribution in [0.3, 0.4) is 0 Å². The maximum absolute atomic E-state index is 6.01. The van der Waals surface area contributed by atoms with Crippen molar-refractivity contribution in [1.82, 2.24) is 15.3 Å². The first kappa shape index (κ1) is 19.1. The van der Waals surface area contributed by atoms with E-state index < -0.39 is 0 Å². The molecule has 4 nitrogen and oxygen atoms in total. The van der Waals surface area contributed by atoms with Crippen LogP contribution < -0.4 is 10.1 Å². The lowest BCUT2D eigenvalue weighted by atomic mass is 10.1. The van der Waals surface area contributed by atoms with Crippen LogP contribution in [-0.4, -0.2) is 16.1 Å². The standard InChI is InChI=1S/C23H27N3O/c1-4-18(3)27-22-11-6-5-9-21(22)16-24-13-19-14-25-23(26-15-19)20-10-7-8-17(2)12-20/h5-12,14-15,18,24H,4,13,16H2,1-3H3. The Kier molecular flexibility index (Phi) is 6.55. The average molecular weight is 361 g/mol. The number of ether oxygens (including phenoxy) is 1. The third-order valence-corrected chi connectivity index (χ3v) is 4.50. The van der Waals surface area contributed by atoms with Crippen LogP contribution in [0.15, 0.2) is 60.9 Å². The van der Waals surface area contributed by atoms with E-state index in [0.29, 0.717) is 6.54 Å².